The van der Waals surface area contributed by atoms with Crippen LogP contribution in [0.5, 0.6) is 0 Å². The van der Waals surface area contributed by atoms with E-state index >= 15 is 0 Å². The van der Waals surface area contributed by atoms with Crippen molar-refractivity contribution in [1.29, 1.82) is 0 Å². The fourth-order valence-corrected chi connectivity index (χ4v) is 1.25. The molecule has 0 saturated carbocycles. The van der Waals surface area contributed by atoms with Gasteiger partial charge in [0, 0.05) is 0 Å². The molecule has 2 heterocycles. The van der Waals surface area contributed by atoms with Crippen molar-refractivity contribution in [2.24, 2.45) is 0 Å². The lowest BCUT2D eigenvalue weighted by Gasteiger charge is -2.01. The normalized spacial score (nSPS) is 10.4. The van der Waals surface area contributed by atoms with Crippen LogP contribution in [0.25, 0.3) is 11.5 Å². The van der Waals surface area contributed by atoms with Crippen LogP contribution in [0.3, 0.4) is 0 Å². The van der Waals surface area contributed by atoms with E-state index in [4.69, 9.17) is 5.11 Å². The predicted octanol–water partition coefficient (Wildman–Crippen LogP) is 0.349. The van der Waals surface area contributed by atoms with Crippen LogP contribution in [-0.4, -0.2) is 36.3 Å². The lowest BCUT2D eigenvalue weighted by atomic mass is 10.3. The lowest BCUT2D eigenvalue weighted by Crippen LogP contribution is -2.08. The Balaban J connectivity index is 2.24. The van der Waals surface area contributed by atoms with Gasteiger partial charge in [-0.05, 0) is 22.6 Å². The highest BCUT2D eigenvalue weighted by molar-refractivity contribution is 5.66. The lowest BCUT2D eigenvalue weighted by molar-refractivity contribution is -0.137. The van der Waals surface area contributed by atoms with E-state index in [1.54, 1.807) is 0 Å². The molecule has 17 heavy (non-hydrogen) atoms. The Morgan fingerprint density at radius 3 is 2.94 bits per heavy atom. The van der Waals surface area contributed by atoms with Crippen molar-refractivity contribution in [3.8, 4) is 11.5 Å². The van der Waals surface area contributed by atoms with Crippen molar-refractivity contribution in [3.05, 3.63) is 24.1 Å². The molecule has 0 aliphatic rings. The first-order valence-corrected chi connectivity index (χ1v) is 4.76. The minimum atomic E-state index is -0.946. The molecular formula is C9H8FN5O2. The number of carboxylic acid groups (broad SMARTS) is 1. The average Bonchev–Trinajstić information content (AvgIpc) is 2.75. The van der Waals surface area contributed by atoms with Crippen molar-refractivity contribution in [2.75, 3.05) is 0 Å². The third-order valence-corrected chi connectivity index (χ3v) is 2.03. The molecule has 2 aromatic rings. The number of hydrogen-bond acceptors (Lipinski definition) is 5. The first-order chi connectivity index (χ1) is 8.16. The van der Waals surface area contributed by atoms with Crippen molar-refractivity contribution in [3.63, 3.8) is 0 Å². The highest BCUT2D eigenvalue weighted by Gasteiger charge is 2.11. The van der Waals surface area contributed by atoms with E-state index in [1.165, 1.54) is 16.8 Å². The Labute approximate surface area is 94.9 Å². The van der Waals surface area contributed by atoms with Crippen LogP contribution in [0.2, 0.25) is 0 Å². The molecular weight excluding hydrogens is 229 g/mol. The molecule has 0 amide bonds. The van der Waals surface area contributed by atoms with Gasteiger partial charge in [0.05, 0.1) is 19.2 Å². The van der Waals surface area contributed by atoms with Crippen LogP contribution in [0, 0.1) is 5.82 Å². The van der Waals surface area contributed by atoms with Gasteiger partial charge in [0.25, 0.3) is 0 Å². The smallest absolute Gasteiger partial charge is 0.305 e. The van der Waals surface area contributed by atoms with E-state index in [0.29, 0.717) is 11.5 Å². The van der Waals surface area contributed by atoms with Gasteiger partial charge in [0.15, 0.2) is 0 Å². The Kier molecular flexibility index (Phi) is 3.03. The van der Waals surface area contributed by atoms with Crippen LogP contribution < -0.4 is 0 Å². The van der Waals surface area contributed by atoms with Gasteiger partial charge in [0.2, 0.25) is 5.82 Å². The fourth-order valence-electron chi connectivity index (χ4n) is 1.25. The largest absolute Gasteiger partial charge is 0.481 e. The summed E-state index contributed by atoms with van der Waals surface area (Å²) in [6, 6.07) is 2.66. The molecule has 0 radical (unpaired) electrons. The maximum atomic E-state index is 12.7. The number of nitrogens with zero attached hydrogens (tertiary/aromatic N) is 5. The van der Waals surface area contributed by atoms with Crippen LogP contribution in [0.1, 0.15) is 6.42 Å². The number of pyridine rings is 1. The zero-order valence-electron chi connectivity index (χ0n) is 8.62. The minimum Gasteiger partial charge on any atom is -0.481 e. The quantitative estimate of drug-likeness (QED) is 0.824. The van der Waals surface area contributed by atoms with Crippen LogP contribution >= 0.6 is 0 Å². The molecule has 0 aromatic carbocycles. The molecule has 0 unspecified atom stereocenters. The van der Waals surface area contributed by atoms with Gasteiger partial charge in [-0.1, -0.05) is 0 Å². The second-order valence-corrected chi connectivity index (χ2v) is 3.23. The summed E-state index contributed by atoms with van der Waals surface area (Å²) >= 11 is 0. The number of carboxylic acids is 1. The molecule has 88 valence electrons. The fraction of sp³-hybridized carbons (Fsp3) is 0.222. The third-order valence-electron chi connectivity index (χ3n) is 2.03. The Morgan fingerprint density at radius 1 is 1.47 bits per heavy atom. The van der Waals surface area contributed by atoms with Crippen molar-refractivity contribution in [1.82, 2.24) is 25.2 Å². The summed E-state index contributed by atoms with van der Waals surface area (Å²) in [4.78, 5) is 14.3. The van der Waals surface area contributed by atoms with Crippen molar-refractivity contribution in [2.45, 2.75) is 13.0 Å². The van der Waals surface area contributed by atoms with Gasteiger partial charge in [-0.25, -0.2) is 14.1 Å². The highest BCUT2D eigenvalue weighted by Crippen LogP contribution is 2.12. The average molecular weight is 237 g/mol. The molecule has 0 spiro atoms. The summed E-state index contributed by atoms with van der Waals surface area (Å²) in [6.45, 7) is 0.136. The summed E-state index contributed by atoms with van der Waals surface area (Å²) in [5, 5.41) is 19.4. The molecule has 2 aromatic heterocycles. The SMILES string of the molecule is O=C(O)CCn1nnnc1-c1ccc(F)cn1. The van der Waals surface area contributed by atoms with Gasteiger partial charge in [-0.3, -0.25) is 4.79 Å². The van der Waals surface area contributed by atoms with Crippen molar-refractivity contribution >= 4 is 5.97 Å². The van der Waals surface area contributed by atoms with Gasteiger partial charge in [-0.2, -0.15) is 0 Å². The first-order valence-electron chi connectivity index (χ1n) is 4.76. The van der Waals surface area contributed by atoms with E-state index in [-0.39, 0.29) is 13.0 Å². The number of aliphatic carboxylic acids is 1. The molecule has 0 aliphatic carbocycles. The topological polar surface area (TPSA) is 93.8 Å². The summed E-state index contributed by atoms with van der Waals surface area (Å²) in [6.07, 6.45) is 0.949. The number of aryl methyl sites for hydroxylation is 1. The van der Waals surface area contributed by atoms with E-state index in [1.807, 2.05) is 0 Å². The number of carbonyl (C=O) groups is 1. The molecule has 0 saturated heterocycles. The van der Waals surface area contributed by atoms with E-state index in [9.17, 15) is 9.18 Å². The molecule has 0 aliphatic heterocycles. The summed E-state index contributed by atoms with van der Waals surface area (Å²) in [7, 11) is 0. The highest BCUT2D eigenvalue weighted by atomic mass is 19.1. The van der Waals surface area contributed by atoms with E-state index < -0.39 is 11.8 Å². The maximum Gasteiger partial charge on any atom is 0.305 e. The zero-order valence-corrected chi connectivity index (χ0v) is 8.62. The van der Waals surface area contributed by atoms with Crippen LogP contribution in [-0.2, 0) is 11.3 Å². The first kappa shape index (κ1) is 11.1. The molecule has 2 rings (SSSR count). The number of hydrogen-bond donors (Lipinski definition) is 1. The van der Waals surface area contributed by atoms with Gasteiger partial charge >= 0.3 is 5.97 Å². The Bertz CT molecular complexity index is 524. The van der Waals surface area contributed by atoms with Crippen LogP contribution in [0.4, 0.5) is 4.39 Å². The molecule has 0 fully saturated rings. The van der Waals surface area contributed by atoms with Crippen LogP contribution in [0.15, 0.2) is 18.3 Å². The monoisotopic (exact) mass is 237 g/mol. The standard InChI is InChI=1S/C9H8FN5O2/c10-6-1-2-7(11-5-6)9-12-13-14-15(9)4-3-8(16)17/h1-2,5H,3-4H2,(H,16,17). The van der Waals surface area contributed by atoms with Gasteiger partial charge < -0.3 is 5.11 Å². The van der Waals surface area contributed by atoms with Crippen molar-refractivity contribution < 1.29 is 14.3 Å². The second kappa shape index (κ2) is 4.64. The Hall–Kier alpha value is -2.38. The number of rotatable bonds is 4. The summed E-state index contributed by atoms with van der Waals surface area (Å²) < 4.78 is 14.0. The Morgan fingerprint density at radius 2 is 2.29 bits per heavy atom. The van der Waals surface area contributed by atoms with E-state index in [0.717, 1.165) is 6.20 Å². The molecule has 8 heteroatoms. The predicted molar refractivity (Wildman–Crippen MR) is 53.3 cm³/mol. The molecule has 0 atom stereocenters. The maximum absolute atomic E-state index is 12.7. The van der Waals surface area contributed by atoms with Gasteiger partial charge in [-0.15, -0.1) is 5.10 Å². The number of halogens is 1. The number of aromatic nitrogens is 5. The summed E-state index contributed by atoms with van der Waals surface area (Å²) in [5.74, 6) is -1.09. The molecule has 7 nitrogen and oxygen atoms in total. The molecule has 1 N–H and O–H groups in total. The minimum absolute atomic E-state index is 0.0980. The second-order valence-electron chi connectivity index (χ2n) is 3.23. The summed E-state index contributed by atoms with van der Waals surface area (Å²) in [5.41, 5.74) is 0.391. The van der Waals surface area contributed by atoms with Gasteiger partial charge in [0.1, 0.15) is 11.5 Å². The molecule has 0 bridgehead atoms. The third kappa shape index (κ3) is 2.60. The number of tetrazole rings is 1. The van der Waals surface area contributed by atoms with E-state index in [2.05, 4.69) is 20.5 Å². The zero-order chi connectivity index (χ0) is 12.3.